The molecule has 1 amide bonds. The summed E-state index contributed by atoms with van der Waals surface area (Å²) in [5.41, 5.74) is 2.40. The molecule has 1 heterocycles. The van der Waals surface area contributed by atoms with E-state index in [-0.39, 0.29) is 16.8 Å². The number of rotatable bonds is 6. The van der Waals surface area contributed by atoms with E-state index in [2.05, 4.69) is 10.0 Å². The van der Waals surface area contributed by atoms with Crippen LogP contribution in [-0.4, -0.2) is 21.4 Å². The number of methoxy groups -OCH3 is 1. The number of sulfonamides is 1. The highest BCUT2D eigenvalue weighted by molar-refractivity contribution is 7.89. The van der Waals surface area contributed by atoms with Gasteiger partial charge in [-0.3, -0.25) is 4.79 Å². The molecule has 0 saturated heterocycles. The summed E-state index contributed by atoms with van der Waals surface area (Å²) in [6.07, 6.45) is 1.53. The largest absolute Gasteiger partial charge is 0.497 e. The minimum atomic E-state index is -3.68. The SMILES string of the molecule is CCC(NS(=O)(=O)c1ccc2c(c1)CCC(=O)N2)c1ccc(OC)cc1. The van der Waals surface area contributed by atoms with Crippen LogP contribution >= 0.6 is 0 Å². The predicted octanol–water partition coefficient (Wildman–Crippen LogP) is 3.01. The van der Waals surface area contributed by atoms with Gasteiger partial charge in [-0.2, -0.15) is 0 Å². The summed E-state index contributed by atoms with van der Waals surface area (Å²) in [5, 5.41) is 2.76. The normalized spacial score (nSPS) is 15.1. The molecule has 6 nitrogen and oxygen atoms in total. The van der Waals surface area contributed by atoms with E-state index in [9.17, 15) is 13.2 Å². The second-order valence-corrected chi connectivity index (χ2v) is 7.94. The topological polar surface area (TPSA) is 84.5 Å². The Morgan fingerprint density at radius 3 is 2.54 bits per heavy atom. The quantitative estimate of drug-likeness (QED) is 0.814. The van der Waals surface area contributed by atoms with Crippen molar-refractivity contribution in [2.24, 2.45) is 0 Å². The Kier molecular flexibility index (Phi) is 5.29. The summed E-state index contributed by atoms with van der Waals surface area (Å²) >= 11 is 0. The summed E-state index contributed by atoms with van der Waals surface area (Å²) in [4.78, 5) is 11.7. The molecule has 2 aromatic carbocycles. The highest BCUT2D eigenvalue weighted by atomic mass is 32.2. The van der Waals surface area contributed by atoms with Crippen LogP contribution in [0.1, 0.15) is 36.9 Å². The molecule has 0 saturated carbocycles. The first-order chi connectivity index (χ1) is 12.4. The number of hydrogen-bond acceptors (Lipinski definition) is 4. The third-order valence-corrected chi connectivity index (χ3v) is 5.98. The number of ether oxygens (including phenoxy) is 1. The number of nitrogens with one attached hydrogen (secondary N) is 2. The molecule has 26 heavy (non-hydrogen) atoms. The molecule has 0 aliphatic carbocycles. The summed E-state index contributed by atoms with van der Waals surface area (Å²) in [7, 11) is -2.09. The molecule has 138 valence electrons. The maximum absolute atomic E-state index is 12.8. The lowest BCUT2D eigenvalue weighted by atomic mass is 10.0. The number of anilines is 1. The molecule has 0 spiro atoms. The summed E-state index contributed by atoms with van der Waals surface area (Å²) in [6, 6.07) is 11.8. The lowest BCUT2D eigenvalue weighted by molar-refractivity contribution is -0.116. The van der Waals surface area contributed by atoms with Crippen LogP contribution in [0.25, 0.3) is 0 Å². The first kappa shape index (κ1) is 18.4. The molecule has 2 N–H and O–H groups in total. The van der Waals surface area contributed by atoms with Crippen molar-refractivity contribution in [1.82, 2.24) is 4.72 Å². The van der Waals surface area contributed by atoms with Gasteiger partial charge in [0.25, 0.3) is 0 Å². The fourth-order valence-corrected chi connectivity index (χ4v) is 4.36. The Balaban J connectivity index is 1.83. The summed E-state index contributed by atoms with van der Waals surface area (Å²) < 4.78 is 33.6. The Morgan fingerprint density at radius 2 is 1.88 bits per heavy atom. The van der Waals surface area contributed by atoms with E-state index in [1.807, 2.05) is 31.2 Å². The number of aryl methyl sites for hydroxylation is 1. The molecule has 1 aliphatic rings. The summed E-state index contributed by atoms with van der Waals surface area (Å²) in [6.45, 7) is 1.93. The lowest BCUT2D eigenvalue weighted by Gasteiger charge is -2.20. The van der Waals surface area contributed by atoms with E-state index < -0.39 is 10.0 Å². The van der Waals surface area contributed by atoms with Gasteiger partial charge >= 0.3 is 0 Å². The minimum absolute atomic E-state index is 0.0446. The van der Waals surface area contributed by atoms with Crippen LogP contribution in [0, 0.1) is 0 Å². The molecule has 0 aromatic heterocycles. The van der Waals surface area contributed by atoms with E-state index in [0.29, 0.717) is 24.9 Å². The van der Waals surface area contributed by atoms with Crippen molar-refractivity contribution in [1.29, 1.82) is 0 Å². The number of carbonyl (C=O) groups is 1. The van der Waals surface area contributed by atoms with Gasteiger partial charge in [0.05, 0.1) is 12.0 Å². The van der Waals surface area contributed by atoms with Gasteiger partial charge in [0.2, 0.25) is 15.9 Å². The third-order valence-electron chi connectivity index (χ3n) is 4.51. The Labute approximate surface area is 153 Å². The fourth-order valence-electron chi connectivity index (χ4n) is 3.01. The average Bonchev–Trinajstić information content (AvgIpc) is 2.65. The standard InChI is InChI=1S/C19H22N2O4S/c1-3-17(13-4-7-15(25-2)8-5-13)21-26(23,24)16-9-10-18-14(12-16)6-11-19(22)20-18/h4-5,7-10,12,17,21H,3,6,11H2,1-2H3,(H,20,22). The van der Waals surface area contributed by atoms with Gasteiger partial charge < -0.3 is 10.1 Å². The van der Waals surface area contributed by atoms with E-state index in [1.165, 1.54) is 6.07 Å². The second-order valence-electron chi connectivity index (χ2n) is 6.22. The van der Waals surface area contributed by atoms with Crippen molar-refractivity contribution in [3.8, 4) is 5.75 Å². The second kappa shape index (κ2) is 7.47. The fraction of sp³-hybridized carbons (Fsp3) is 0.316. The van der Waals surface area contributed by atoms with Crippen LogP contribution in [0.2, 0.25) is 0 Å². The van der Waals surface area contributed by atoms with Gasteiger partial charge in [-0.1, -0.05) is 19.1 Å². The first-order valence-corrected chi connectivity index (χ1v) is 10.0. The maximum atomic E-state index is 12.8. The Morgan fingerprint density at radius 1 is 1.15 bits per heavy atom. The smallest absolute Gasteiger partial charge is 0.241 e. The zero-order chi connectivity index (χ0) is 18.7. The number of benzene rings is 2. The average molecular weight is 374 g/mol. The molecule has 2 aromatic rings. The molecule has 7 heteroatoms. The highest BCUT2D eigenvalue weighted by Gasteiger charge is 2.23. The maximum Gasteiger partial charge on any atom is 0.241 e. The van der Waals surface area contributed by atoms with Crippen LogP contribution in [0.5, 0.6) is 5.75 Å². The molecule has 3 rings (SSSR count). The van der Waals surface area contributed by atoms with Gasteiger partial charge in [0, 0.05) is 18.2 Å². The van der Waals surface area contributed by atoms with Gasteiger partial charge in [0.1, 0.15) is 5.75 Å². The molecule has 1 unspecified atom stereocenters. The predicted molar refractivity (Wildman–Crippen MR) is 99.7 cm³/mol. The molecular formula is C19H22N2O4S. The van der Waals surface area contributed by atoms with Gasteiger partial charge in [0.15, 0.2) is 0 Å². The minimum Gasteiger partial charge on any atom is -0.497 e. The van der Waals surface area contributed by atoms with Crippen molar-refractivity contribution < 1.29 is 17.9 Å². The van der Waals surface area contributed by atoms with E-state index >= 15 is 0 Å². The number of hydrogen-bond donors (Lipinski definition) is 2. The van der Waals surface area contributed by atoms with E-state index in [1.54, 1.807) is 19.2 Å². The van der Waals surface area contributed by atoms with Gasteiger partial charge in [-0.15, -0.1) is 0 Å². The van der Waals surface area contributed by atoms with Crippen LogP contribution in [0.4, 0.5) is 5.69 Å². The van der Waals surface area contributed by atoms with Crippen LogP contribution < -0.4 is 14.8 Å². The monoisotopic (exact) mass is 374 g/mol. The molecule has 0 radical (unpaired) electrons. The number of fused-ring (bicyclic) bond motifs is 1. The van der Waals surface area contributed by atoms with Gasteiger partial charge in [-0.05, 0) is 54.3 Å². The van der Waals surface area contributed by atoms with Crippen molar-refractivity contribution in [3.05, 3.63) is 53.6 Å². The highest BCUT2D eigenvalue weighted by Crippen LogP contribution is 2.27. The molecule has 1 atom stereocenters. The first-order valence-electron chi connectivity index (χ1n) is 8.52. The summed E-state index contributed by atoms with van der Waals surface area (Å²) in [5.74, 6) is 0.681. The van der Waals surface area contributed by atoms with Crippen molar-refractivity contribution in [2.45, 2.75) is 37.1 Å². The zero-order valence-electron chi connectivity index (χ0n) is 14.8. The van der Waals surface area contributed by atoms with E-state index in [4.69, 9.17) is 4.74 Å². The van der Waals surface area contributed by atoms with Crippen molar-refractivity contribution in [2.75, 3.05) is 12.4 Å². The molecule has 1 aliphatic heterocycles. The van der Waals surface area contributed by atoms with Crippen LogP contribution in [0.3, 0.4) is 0 Å². The Bertz CT molecular complexity index is 908. The molecular weight excluding hydrogens is 352 g/mol. The van der Waals surface area contributed by atoms with Crippen LogP contribution in [-0.2, 0) is 21.2 Å². The molecule has 0 bridgehead atoms. The zero-order valence-corrected chi connectivity index (χ0v) is 15.6. The van der Waals surface area contributed by atoms with Crippen molar-refractivity contribution in [3.63, 3.8) is 0 Å². The van der Waals surface area contributed by atoms with E-state index in [0.717, 1.165) is 16.9 Å². The number of amides is 1. The molecule has 0 fully saturated rings. The van der Waals surface area contributed by atoms with Crippen molar-refractivity contribution >= 4 is 21.6 Å². The Hall–Kier alpha value is -2.38. The third kappa shape index (κ3) is 3.89. The lowest BCUT2D eigenvalue weighted by Crippen LogP contribution is -2.28. The number of carbonyl (C=O) groups excluding carboxylic acids is 1. The van der Waals surface area contributed by atoms with Crippen LogP contribution in [0.15, 0.2) is 47.4 Å². The van der Waals surface area contributed by atoms with Gasteiger partial charge in [-0.25, -0.2) is 13.1 Å².